The minimum Gasteiger partial charge on any atom is -0.482 e. The number of anilines is 1. The van der Waals surface area contributed by atoms with Crippen LogP contribution in [-0.2, 0) is 4.79 Å². The molecule has 20 heavy (non-hydrogen) atoms. The number of ether oxygens (including phenoxy) is 1. The summed E-state index contributed by atoms with van der Waals surface area (Å²) in [6, 6.07) is 15.6. The third kappa shape index (κ3) is 3.51. The van der Waals surface area contributed by atoms with Crippen molar-refractivity contribution in [2.75, 3.05) is 25.6 Å². The van der Waals surface area contributed by atoms with Gasteiger partial charge in [0.1, 0.15) is 5.75 Å². The van der Waals surface area contributed by atoms with Gasteiger partial charge < -0.3 is 14.7 Å². The van der Waals surface area contributed by atoms with Gasteiger partial charge in [-0.1, -0.05) is 24.3 Å². The molecule has 0 aliphatic rings. The number of carboxylic acids is 1. The highest BCUT2D eigenvalue weighted by molar-refractivity contribution is 5.69. The van der Waals surface area contributed by atoms with Gasteiger partial charge in [-0.05, 0) is 35.4 Å². The van der Waals surface area contributed by atoms with Gasteiger partial charge in [0.25, 0.3) is 0 Å². The van der Waals surface area contributed by atoms with Crippen molar-refractivity contribution in [1.82, 2.24) is 0 Å². The largest absolute Gasteiger partial charge is 0.482 e. The molecule has 0 saturated carbocycles. The summed E-state index contributed by atoms with van der Waals surface area (Å²) >= 11 is 0. The molecule has 0 fully saturated rings. The predicted octanol–water partition coefficient (Wildman–Crippen LogP) is 2.88. The van der Waals surface area contributed by atoms with Gasteiger partial charge in [0.05, 0.1) is 0 Å². The molecule has 2 aromatic rings. The lowest BCUT2D eigenvalue weighted by atomic mass is 10.1. The first-order valence-electron chi connectivity index (χ1n) is 6.28. The fourth-order valence-corrected chi connectivity index (χ4v) is 1.84. The van der Waals surface area contributed by atoms with Crippen molar-refractivity contribution >= 4 is 11.7 Å². The Morgan fingerprint density at radius 2 is 1.50 bits per heavy atom. The lowest BCUT2D eigenvalue weighted by molar-refractivity contribution is -0.139. The summed E-state index contributed by atoms with van der Waals surface area (Å²) in [6.07, 6.45) is 0. The second-order valence-electron chi connectivity index (χ2n) is 4.65. The van der Waals surface area contributed by atoms with Crippen LogP contribution in [0.2, 0.25) is 0 Å². The maximum atomic E-state index is 10.4. The number of carboxylic acid groups (broad SMARTS) is 1. The van der Waals surface area contributed by atoms with Crippen molar-refractivity contribution in [3.05, 3.63) is 48.5 Å². The number of hydrogen-bond acceptors (Lipinski definition) is 3. The van der Waals surface area contributed by atoms with Crippen LogP contribution in [0.5, 0.6) is 5.75 Å². The van der Waals surface area contributed by atoms with Crippen LogP contribution < -0.4 is 9.64 Å². The van der Waals surface area contributed by atoms with Crippen molar-refractivity contribution in [2.24, 2.45) is 0 Å². The van der Waals surface area contributed by atoms with Gasteiger partial charge in [-0.25, -0.2) is 4.79 Å². The van der Waals surface area contributed by atoms with Crippen LogP contribution in [0, 0.1) is 0 Å². The number of rotatable bonds is 5. The zero-order valence-corrected chi connectivity index (χ0v) is 11.5. The highest BCUT2D eigenvalue weighted by Crippen LogP contribution is 2.24. The second-order valence-corrected chi connectivity index (χ2v) is 4.65. The molecule has 1 N–H and O–H groups in total. The van der Waals surface area contributed by atoms with E-state index in [4.69, 9.17) is 9.84 Å². The molecular formula is C16H17NO3. The Morgan fingerprint density at radius 3 is 1.95 bits per heavy atom. The van der Waals surface area contributed by atoms with Gasteiger partial charge in [-0.3, -0.25) is 0 Å². The Balaban J connectivity index is 2.11. The van der Waals surface area contributed by atoms with Crippen molar-refractivity contribution in [1.29, 1.82) is 0 Å². The summed E-state index contributed by atoms with van der Waals surface area (Å²) in [5.41, 5.74) is 3.33. The third-order valence-electron chi connectivity index (χ3n) is 2.93. The highest BCUT2D eigenvalue weighted by Gasteiger charge is 2.02. The zero-order valence-electron chi connectivity index (χ0n) is 11.5. The maximum Gasteiger partial charge on any atom is 0.341 e. The molecule has 0 radical (unpaired) electrons. The molecule has 0 heterocycles. The molecule has 0 bridgehead atoms. The van der Waals surface area contributed by atoms with E-state index in [1.807, 2.05) is 31.1 Å². The van der Waals surface area contributed by atoms with E-state index in [2.05, 4.69) is 24.3 Å². The number of aliphatic carboxylic acids is 1. The fraction of sp³-hybridized carbons (Fsp3) is 0.188. The van der Waals surface area contributed by atoms with E-state index in [1.165, 1.54) is 0 Å². The van der Waals surface area contributed by atoms with E-state index < -0.39 is 5.97 Å². The monoisotopic (exact) mass is 271 g/mol. The summed E-state index contributed by atoms with van der Waals surface area (Å²) < 4.78 is 5.10. The molecule has 2 rings (SSSR count). The molecule has 0 spiro atoms. The van der Waals surface area contributed by atoms with E-state index in [1.54, 1.807) is 12.1 Å². The van der Waals surface area contributed by atoms with E-state index >= 15 is 0 Å². The highest BCUT2D eigenvalue weighted by atomic mass is 16.5. The molecule has 0 aromatic heterocycles. The molecule has 0 atom stereocenters. The van der Waals surface area contributed by atoms with Gasteiger partial charge >= 0.3 is 5.97 Å². The number of benzene rings is 2. The van der Waals surface area contributed by atoms with Crippen LogP contribution in [-0.4, -0.2) is 31.8 Å². The van der Waals surface area contributed by atoms with Gasteiger partial charge in [0.15, 0.2) is 6.61 Å². The van der Waals surface area contributed by atoms with Crippen LogP contribution in [0.15, 0.2) is 48.5 Å². The van der Waals surface area contributed by atoms with Crippen molar-refractivity contribution in [2.45, 2.75) is 0 Å². The molecule has 0 saturated heterocycles. The standard InChI is InChI=1S/C16H17NO3/c1-17(2)14-7-3-12(4-8-14)13-5-9-15(10-6-13)20-11-16(18)19/h3-10H,11H2,1-2H3,(H,18,19). The first-order valence-corrected chi connectivity index (χ1v) is 6.28. The van der Waals surface area contributed by atoms with Crippen LogP contribution in [0.3, 0.4) is 0 Å². The number of hydrogen-bond donors (Lipinski definition) is 1. The lowest BCUT2D eigenvalue weighted by Gasteiger charge is -2.12. The van der Waals surface area contributed by atoms with E-state index in [0.717, 1.165) is 16.8 Å². The Kier molecular flexibility index (Phi) is 4.25. The second kappa shape index (κ2) is 6.10. The third-order valence-corrected chi connectivity index (χ3v) is 2.93. The number of nitrogens with zero attached hydrogens (tertiary/aromatic N) is 1. The van der Waals surface area contributed by atoms with Crippen LogP contribution in [0.25, 0.3) is 11.1 Å². The summed E-state index contributed by atoms with van der Waals surface area (Å²) in [5.74, 6) is -0.422. The molecule has 104 valence electrons. The Morgan fingerprint density at radius 1 is 1.00 bits per heavy atom. The summed E-state index contributed by atoms with van der Waals surface area (Å²) in [7, 11) is 4.01. The zero-order chi connectivity index (χ0) is 14.5. The summed E-state index contributed by atoms with van der Waals surface area (Å²) in [6.45, 7) is -0.323. The minimum atomic E-state index is -0.978. The summed E-state index contributed by atoms with van der Waals surface area (Å²) in [5, 5.41) is 8.55. The first kappa shape index (κ1) is 13.9. The topological polar surface area (TPSA) is 49.8 Å². The Labute approximate surface area is 118 Å². The van der Waals surface area contributed by atoms with Gasteiger partial charge in [0.2, 0.25) is 0 Å². The van der Waals surface area contributed by atoms with E-state index in [9.17, 15) is 4.79 Å². The average molecular weight is 271 g/mol. The van der Waals surface area contributed by atoms with Crippen LogP contribution >= 0.6 is 0 Å². The van der Waals surface area contributed by atoms with Crippen LogP contribution in [0.4, 0.5) is 5.69 Å². The molecule has 0 aliphatic heterocycles. The van der Waals surface area contributed by atoms with Crippen molar-refractivity contribution in [3.8, 4) is 16.9 Å². The minimum absolute atomic E-state index is 0.323. The Bertz CT molecular complexity index is 574. The van der Waals surface area contributed by atoms with E-state index in [0.29, 0.717) is 5.75 Å². The Hall–Kier alpha value is -2.49. The normalized spacial score (nSPS) is 10.1. The van der Waals surface area contributed by atoms with E-state index in [-0.39, 0.29) is 6.61 Å². The van der Waals surface area contributed by atoms with Gasteiger partial charge in [0, 0.05) is 19.8 Å². The average Bonchev–Trinajstić information content (AvgIpc) is 2.46. The number of carbonyl (C=O) groups is 1. The SMILES string of the molecule is CN(C)c1ccc(-c2ccc(OCC(=O)O)cc2)cc1. The quantitative estimate of drug-likeness (QED) is 0.908. The maximum absolute atomic E-state index is 10.4. The molecule has 0 aliphatic carbocycles. The molecule has 2 aromatic carbocycles. The summed E-state index contributed by atoms with van der Waals surface area (Å²) in [4.78, 5) is 12.5. The van der Waals surface area contributed by atoms with Crippen LogP contribution in [0.1, 0.15) is 0 Å². The van der Waals surface area contributed by atoms with Crippen molar-refractivity contribution < 1.29 is 14.6 Å². The predicted molar refractivity (Wildman–Crippen MR) is 79.3 cm³/mol. The van der Waals surface area contributed by atoms with Gasteiger partial charge in [-0.2, -0.15) is 0 Å². The smallest absolute Gasteiger partial charge is 0.341 e. The fourth-order valence-electron chi connectivity index (χ4n) is 1.84. The first-order chi connectivity index (χ1) is 9.56. The molecular weight excluding hydrogens is 254 g/mol. The molecule has 0 unspecified atom stereocenters. The molecule has 4 heteroatoms. The molecule has 0 amide bonds. The molecule has 4 nitrogen and oxygen atoms in total. The van der Waals surface area contributed by atoms with Gasteiger partial charge in [-0.15, -0.1) is 0 Å². The lowest BCUT2D eigenvalue weighted by Crippen LogP contribution is -2.09. The van der Waals surface area contributed by atoms with Crippen molar-refractivity contribution in [3.63, 3.8) is 0 Å².